The summed E-state index contributed by atoms with van der Waals surface area (Å²) in [5.41, 5.74) is -0.302. The molecular weight excluding hydrogens is 506 g/mol. The highest BCUT2D eigenvalue weighted by Gasteiger charge is 2.31. The summed E-state index contributed by atoms with van der Waals surface area (Å²) < 4.78 is 58.8. The lowest BCUT2D eigenvalue weighted by molar-refractivity contribution is -0.137. The normalized spacial score (nSPS) is 15.6. The van der Waals surface area contributed by atoms with Gasteiger partial charge in [-0.1, -0.05) is 18.5 Å². The fourth-order valence-electron chi connectivity index (χ4n) is 3.49. The van der Waals surface area contributed by atoms with Gasteiger partial charge >= 0.3 is 12.2 Å². The third-order valence-corrected chi connectivity index (χ3v) is 5.66. The predicted octanol–water partition coefficient (Wildman–Crippen LogP) is 5.85. The van der Waals surface area contributed by atoms with E-state index in [1.807, 2.05) is 6.92 Å². The molecule has 3 aromatic rings. The second kappa shape index (κ2) is 10.2. The highest BCUT2D eigenvalue weighted by atomic mass is 35.5. The van der Waals surface area contributed by atoms with Crippen LogP contribution in [-0.4, -0.2) is 33.9 Å². The van der Waals surface area contributed by atoms with E-state index in [9.17, 15) is 27.5 Å². The summed E-state index contributed by atoms with van der Waals surface area (Å²) in [6.07, 6.45) is -4.02. The Morgan fingerprint density at radius 1 is 1.22 bits per heavy atom. The zero-order valence-electron chi connectivity index (χ0n) is 18.7. The number of amides is 2. The number of nitrogens with zero attached hydrogens (tertiary/aromatic N) is 2. The number of aliphatic hydroxyl groups is 1. The van der Waals surface area contributed by atoms with Crippen molar-refractivity contribution in [1.29, 1.82) is 0 Å². The molecule has 0 saturated carbocycles. The van der Waals surface area contributed by atoms with E-state index in [4.69, 9.17) is 16.3 Å². The van der Waals surface area contributed by atoms with Crippen molar-refractivity contribution in [3.8, 4) is 11.5 Å². The number of aliphatic hydroxyl groups excluding tert-OH is 1. The number of rotatable bonds is 5. The summed E-state index contributed by atoms with van der Waals surface area (Å²) >= 11 is 5.84. The number of halogens is 5. The van der Waals surface area contributed by atoms with Crippen LogP contribution in [0.1, 0.15) is 18.1 Å². The maximum atomic E-state index is 14.8. The van der Waals surface area contributed by atoms with Gasteiger partial charge in [0.15, 0.2) is 17.9 Å². The summed E-state index contributed by atoms with van der Waals surface area (Å²) in [5, 5.41) is 17.3. The minimum Gasteiger partial charge on any atom is -0.454 e. The van der Waals surface area contributed by atoms with Crippen molar-refractivity contribution in [2.24, 2.45) is 0 Å². The fraction of sp³-hybridized carbons (Fsp3) is 0.217. The second-order valence-corrected chi connectivity index (χ2v) is 8.14. The Hall–Kier alpha value is -3.61. The first-order valence-electron chi connectivity index (χ1n) is 10.6. The summed E-state index contributed by atoms with van der Waals surface area (Å²) in [6, 6.07) is 6.95. The van der Waals surface area contributed by atoms with E-state index in [0.29, 0.717) is 36.3 Å². The van der Waals surface area contributed by atoms with E-state index in [-0.39, 0.29) is 22.1 Å². The molecule has 36 heavy (non-hydrogen) atoms. The van der Waals surface area contributed by atoms with E-state index in [2.05, 4.69) is 20.9 Å². The Morgan fingerprint density at radius 2 is 2.00 bits per heavy atom. The third-order valence-electron chi connectivity index (χ3n) is 5.35. The monoisotopic (exact) mass is 525 g/mol. The SMILES string of the molecule is CCN1Cc2c(Oc3ccc(NC(=O)Nc4ccc(C(F)(F)F)cc4Cl)cc3F)ccnc2NC1O. The van der Waals surface area contributed by atoms with Gasteiger partial charge in [-0.2, -0.15) is 13.2 Å². The molecule has 0 saturated heterocycles. The molecule has 1 aliphatic rings. The number of benzene rings is 2. The molecule has 2 aromatic carbocycles. The van der Waals surface area contributed by atoms with Gasteiger partial charge in [0, 0.05) is 24.5 Å². The molecule has 1 aliphatic heterocycles. The van der Waals surface area contributed by atoms with Gasteiger partial charge in [0.25, 0.3) is 0 Å². The van der Waals surface area contributed by atoms with Gasteiger partial charge < -0.3 is 25.8 Å². The summed E-state index contributed by atoms with van der Waals surface area (Å²) in [5.74, 6) is -0.134. The van der Waals surface area contributed by atoms with Crippen LogP contribution in [0.2, 0.25) is 5.02 Å². The molecule has 1 aromatic heterocycles. The van der Waals surface area contributed by atoms with Crippen molar-refractivity contribution in [3.63, 3.8) is 0 Å². The number of urea groups is 1. The minimum atomic E-state index is -4.57. The van der Waals surface area contributed by atoms with Crippen LogP contribution in [0.4, 0.5) is 39.5 Å². The van der Waals surface area contributed by atoms with E-state index < -0.39 is 29.9 Å². The molecule has 0 fully saturated rings. The highest BCUT2D eigenvalue weighted by Crippen LogP contribution is 2.36. The number of carbonyl (C=O) groups excluding carboxylic acids is 1. The average Bonchev–Trinajstić information content (AvgIpc) is 2.81. The zero-order chi connectivity index (χ0) is 26.0. The molecule has 4 rings (SSSR count). The molecule has 0 aliphatic carbocycles. The molecule has 2 heterocycles. The number of pyridine rings is 1. The number of hydrogen-bond donors (Lipinski definition) is 4. The number of nitrogens with one attached hydrogen (secondary N) is 3. The Morgan fingerprint density at radius 3 is 2.67 bits per heavy atom. The van der Waals surface area contributed by atoms with Crippen LogP contribution in [0, 0.1) is 5.82 Å². The van der Waals surface area contributed by atoms with Gasteiger partial charge in [-0.25, -0.2) is 14.2 Å². The molecule has 0 spiro atoms. The number of anilines is 3. The smallest absolute Gasteiger partial charge is 0.416 e. The van der Waals surface area contributed by atoms with Crippen LogP contribution < -0.4 is 20.7 Å². The van der Waals surface area contributed by atoms with Crippen molar-refractivity contribution in [2.75, 3.05) is 22.5 Å². The first-order valence-corrected chi connectivity index (χ1v) is 11.0. The molecule has 0 radical (unpaired) electrons. The second-order valence-electron chi connectivity index (χ2n) is 7.74. The maximum Gasteiger partial charge on any atom is 0.416 e. The van der Waals surface area contributed by atoms with Gasteiger partial charge in [-0.15, -0.1) is 0 Å². The number of alkyl halides is 3. The third kappa shape index (κ3) is 5.61. The van der Waals surface area contributed by atoms with Crippen molar-refractivity contribution in [1.82, 2.24) is 9.88 Å². The molecule has 1 atom stereocenters. The minimum absolute atomic E-state index is 0.0510. The number of fused-ring (bicyclic) bond motifs is 1. The van der Waals surface area contributed by atoms with E-state index in [1.54, 1.807) is 11.0 Å². The summed E-state index contributed by atoms with van der Waals surface area (Å²) in [4.78, 5) is 18.2. The Labute approximate surface area is 207 Å². The average molecular weight is 526 g/mol. The van der Waals surface area contributed by atoms with Crippen molar-refractivity contribution >= 4 is 34.8 Å². The summed E-state index contributed by atoms with van der Waals surface area (Å²) in [7, 11) is 0. The number of carbonyl (C=O) groups is 1. The highest BCUT2D eigenvalue weighted by molar-refractivity contribution is 6.33. The molecule has 2 amide bonds. The lowest BCUT2D eigenvalue weighted by atomic mass is 10.2. The Bertz CT molecular complexity index is 1290. The molecule has 8 nitrogen and oxygen atoms in total. The Kier molecular flexibility index (Phi) is 7.20. The van der Waals surface area contributed by atoms with E-state index in [0.717, 1.165) is 18.2 Å². The van der Waals surface area contributed by atoms with Gasteiger partial charge in [0.05, 0.1) is 21.8 Å². The molecule has 13 heteroatoms. The number of ether oxygens (including phenoxy) is 1. The molecule has 190 valence electrons. The van der Waals surface area contributed by atoms with Crippen LogP contribution in [0.3, 0.4) is 0 Å². The van der Waals surface area contributed by atoms with Crippen LogP contribution in [-0.2, 0) is 12.7 Å². The van der Waals surface area contributed by atoms with Gasteiger partial charge in [0.2, 0.25) is 0 Å². The lowest BCUT2D eigenvalue weighted by Crippen LogP contribution is -2.44. The molecule has 1 unspecified atom stereocenters. The number of aromatic nitrogens is 1. The van der Waals surface area contributed by atoms with Gasteiger partial charge in [-0.05, 0) is 42.9 Å². The van der Waals surface area contributed by atoms with Gasteiger partial charge in [0.1, 0.15) is 11.6 Å². The number of hydrogen-bond acceptors (Lipinski definition) is 6. The van der Waals surface area contributed by atoms with Crippen molar-refractivity contribution in [3.05, 3.63) is 70.6 Å². The van der Waals surface area contributed by atoms with Crippen LogP contribution >= 0.6 is 11.6 Å². The first-order chi connectivity index (χ1) is 17.0. The summed E-state index contributed by atoms with van der Waals surface area (Å²) in [6.45, 7) is 2.76. The van der Waals surface area contributed by atoms with Crippen molar-refractivity contribution < 1.29 is 32.2 Å². The quantitative estimate of drug-likeness (QED) is 0.312. The van der Waals surface area contributed by atoms with E-state index in [1.165, 1.54) is 18.3 Å². The topological polar surface area (TPSA) is 98.8 Å². The zero-order valence-corrected chi connectivity index (χ0v) is 19.4. The lowest BCUT2D eigenvalue weighted by Gasteiger charge is -2.33. The largest absolute Gasteiger partial charge is 0.454 e. The fourth-order valence-corrected chi connectivity index (χ4v) is 3.72. The molecule has 4 N–H and O–H groups in total. The predicted molar refractivity (Wildman–Crippen MR) is 126 cm³/mol. The molecular formula is C23H20ClF4N5O3. The molecule has 0 bridgehead atoms. The first kappa shape index (κ1) is 25.5. The Balaban J connectivity index is 1.44. The van der Waals surface area contributed by atoms with Crippen LogP contribution in [0.25, 0.3) is 0 Å². The van der Waals surface area contributed by atoms with E-state index >= 15 is 0 Å². The van der Waals surface area contributed by atoms with Crippen LogP contribution in [0.5, 0.6) is 11.5 Å². The van der Waals surface area contributed by atoms with Gasteiger partial charge in [-0.3, -0.25) is 4.90 Å². The standard InChI is InChI=1S/C23H20ClF4N5O3/c1-2-33-11-14-18(7-8-29-20(14)32-22(33)35)36-19-6-4-13(10-16(19)25)30-21(34)31-17-5-3-12(9-15(17)24)23(26,27)28/h3-10,22,35H,2,11H2,1H3,(H,29,32)(H2,30,31,34). The maximum absolute atomic E-state index is 14.8. The van der Waals surface area contributed by atoms with Crippen molar-refractivity contribution in [2.45, 2.75) is 26.0 Å². The van der Waals surface area contributed by atoms with Crippen LogP contribution in [0.15, 0.2) is 48.7 Å².